The van der Waals surface area contributed by atoms with E-state index in [-0.39, 0.29) is 29.2 Å². The molecular weight excluding hydrogens is 478 g/mol. The molecule has 0 fully saturated rings. The Morgan fingerprint density at radius 1 is 1.29 bits per heavy atom. The van der Waals surface area contributed by atoms with Gasteiger partial charge in [-0.3, -0.25) is 28.5 Å². The van der Waals surface area contributed by atoms with Gasteiger partial charge in [-0.05, 0) is 43.4 Å². The molecule has 4 heterocycles. The van der Waals surface area contributed by atoms with Crippen molar-refractivity contribution in [3.05, 3.63) is 71.4 Å². The van der Waals surface area contributed by atoms with E-state index in [1.165, 1.54) is 34.1 Å². The van der Waals surface area contributed by atoms with E-state index in [1.54, 1.807) is 12.1 Å². The van der Waals surface area contributed by atoms with E-state index in [1.807, 2.05) is 0 Å². The van der Waals surface area contributed by atoms with Crippen molar-refractivity contribution in [2.24, 2.45) is 7.05 Å². The van der Waals surface area contributed by atoms with Crippen LogP contribution in [0.3, 0.4) is 0 Å². The van der Waals surface area contributed by atoms with E-state index in [4.69, 9.17) is 15.1 Å². The third-order valence-electron chi connectivity index (χ3n) is 5.91. The molecule has 4 aromatic rings. The number of furan rings is 1. The molecule has 0 unspecified atom stereocenters. The topological polar surface area (TPSA) is 146 Å². The number of aromatic nitrogens is 4. The number of ketones is 1. The van der Waals surface area contributed by atoms with Crippen LogP contribution in [0.4, 0.5) is 5.82 Å². The molecule has 34 heavy (non-hydrogen) atoms. The van der Waals surface area contributed by atoms with Gasteiger partial charge in [0.1, 0.15) is 22.0 Å². The zero-order valence-electron chi connectivity index (χ0n) is 18.3. The van der Waals surface area contributed by atoms with E-state index in [0.717, 1.165) is 47.6 Å². The van der Waals surface area contributed by atoms with Crippen LogP contribution in [0.5, 0.6) is 0 Å². The number of rotatable bonds is 6. The van der Waals surface area contributed by atoms with E-state index in [9.17, 15) is 19.2 Å². The zero-order chi connectivity index (χ0) is 24.0. The number of aryl methyl sites for hydroxylation is 2. The van der Waals surface area contributed by atoms with E-state index >= 15 is 0 Å². The van der Waals surface area contributed by atoms with Gasteiger partial charge in [-0.2, -0.15) is 0 Å². The highest BCUT2D eigenvalue weighted by atomic mass is 32.2. The van der Waals surface area contributed by atoms with Crippen molar-refractivity contribution in [1.29, 1.82) is 0 Å². The number of anilines is 1. The molecule has 12 heteroatoms. The number of thioether (sulfide) groups is 1. The number of nitrogen functional groups attached to an aromatic ring is 1. The molecule has 0 atom stereocenters. The van der Waals surface area contributed by atoms with Crippen molar-refractivity contribution in [3.63, 3.8) is 0 Å². The summed E-state index contributed by atoms with van der Waals surface area (Å²) in [6, 6.07) is 3.51. The maximum absolute atomic E-state index is 13.6. The molecule has 0 radical (unpaired) electrons. The fraction of sp³-hybridized carbons (Fsp3) is 0.318. The average Bonchev–Trinajstić information content (AvgIpc) is 3.45. The van der Waals surface area contributed by atoms with Crippen molar-refractivity contribution in [1.82, 2.24) is 19.1 Å². The van der Waals surface area contributed by atoms with Gasteiger partial charge in [0.25, 0.3) is 11.1 Å². The first-order valence-electron chi connectivity index (χ1n) is 10.7. The molecule has 10 nitrogen and oxygen atoms in total. The number of aromatic amines is 1. The summed E-state index contributed by atoms with van der Waals surface area (Å²) in [6.45, 7) is 0.165. The molecular formula is C22H21N5O5S2. The van der Waals surface area contributed by atoms with Crippen molar-refractivity contribution >= 4 is 44.9 Å². The summed E-state index contributed by atoms with van der Waals surface area (Å²) < 4.78 is 7.96. The highest BCUT2D eigenvalue weighted by Gasteiger charge is 2.24. The van der Waals surface area contributed by atoms with Gasteiger partial charge in [-0.25, -0.2) is 9.78 Å². The van der Waals surface area contributed by atoms with Crippen LogP contribution in [-0.4, -0.2) is 30.6 Å². The second-order valence-corrected chi connectivity index (χ2v) is 10.1. The summed E-state index contributed by atoms with van der Waals surface area (Å²) in [6.07, 6.45) is 5.45. The molecule has 5 rings (SSSR count). The Kier molecular flexibility index (Phi) is 5.78. The highest BCUT2D eigenvalue weighted by Crippen LogP contribution is 2.35. The number of Topliss-reactive ketones (excluding diaryl/α,β-unsaturated/α-hetero) is 1. The van der Waals surface area contributed by atoms with Crippen LogP contribution in [-0.2, 0) is 26.4 Å². The Hall–Kier alpha value is -3.38. The first-order valence-corrected chi connectivity index (χ1v) is 12.5. The van der Waals surface area contributed by atoms with Gasteiger partial charge >= 0.3 is 5.69 Å². The molecule has 0 spiro atoms. The second-order valence-electron chi connectivity index (χ2n) is 8.05. The van der Waals surface area contributed by atoms with Gasteiger partial charge in [0.2, 0.25) is 0 Å². The number of carbonyl (C=O) groups is 1. The molecule has 0 amide bonds. The number of hydrogen-bond acceptors (Lipinski definition) is 9. The Morgan fingerprint density at radius 3 is 2.85 bits per heavy atom. The number of nitrogens with zero attached hydrogens (tertiary/aromatic N) is 3. The summed E-state index contributed by atoms with van der Waals surface area (Å²) in [7, 11) is 1.37. The van der Waals surface area contributed by atoms with Crippen LogP contribution >= 0.6 is 23.1 Å². The van der Waals surface area contributed by atoms with Gasteiger partial charge in [0.05, 0.1) is 23.9 Å². The largest absolute Gasteiger partial charge is 0.467 e. The lowest BCUT2D eigenvalue weighted by Gasteiger charge is -2.13. The molecule has 4 aromatic heterocycles. The van der Waals surface area contributed by atoms with Gasteiger partial charge in [-0.1, -0.05) is 11.8 Å². The monoisotopic (exact) mass is 499 g/mol. The molecule has 1 aliphatic rings. The lowest BCUT2D eigenvalue weighted by Crippen LogP contribution is -2.35. The third-order valence-corrected chi connectivity index (χ3v) is 8.08. The Bertz CT molecular complexity index is 1590. The SMILES string of the molecule is Cn1c(N)c(C(=O)CSc2nc3sc4c(c3c(=O)n2Cc2ccco2)CCCC4)c(=O)[nH]c1=O. The number of H-pyrrole nitrogens is 1. The van der Waals surface area contributed by atoms with Gasteiger partial charge in [-0.15, -0.1) is 11.3 Å². The molecule has 0 aliphatic heterocycles. The van der Waals surface area contributed by atoms with Crippen LogP contribution in [0.25, 0.3) is 10.2 Å². The number of carbonyl (C=O) groups excluding carboxylic acids is 1. The molecule has 0 aromatic carbocycles. The third kappa shape index (κ3) is 3.82. The molecule has 1 aliphatic carbocycles. The molecule has 0 bridgehead atoms. The summed E-state index contributed by atoms with van der Waals surface area (Å²) in [5.41, 5.74) is 4.94. The van der Waals surface area contributed by atoms with Crippen molar-refractivity contribution in [3.8, 4) is 0 Å². The molecule has 176 valence electrons. The minimum Gasteiger partial charge on any atom is -0.467 e. The van der Waals surface area contributed by atoms with Crippen LogP contribution in [0.15, 0.2) is 42.4 Å². The smallest absolute Gasteiger partial charge is 0.329 e. The molecule has 0 saturated carbocycles. The Labute approximate surface area is 200 Å². The maximum Gasteiger partial charge on any atom is 0.329 e. The van der Waals surface area contributed by atoms with E-state index in [0.29, 0.717) is 21.1 Å². The summed E-state index contributed by atoms with van der Waals surface area (Å²) in [5, 5.41) is 0.987. The normalized spacial score (nSPS) is 13.3. The number of fused-ring (bicyclic) bond motifs is 3. The number of nitrogens with two attached hydrogens (primary N) is 1. The standard InChI is InChI=1S/C22H21N5O5S2/c1-26-17(23)16(18(29)24-21(26)31)13(28)10-33-22-25-19-15(12-6-2-3-7-14(12)34-19)20(30)27(22)9-11-5-4-8-32-11/h4-5,8H,2-3,6-7,9-10,23H2,1H3,(H,24,29,31). The van der Waals surface area contributed by atoms with Crippen LogP contribution < -0.4 is 22.5 Å². The van der Waals surface area contributed by atoms with Crippen LogP contribution in [0.1, 0.15) is 39.4 Å². The summed E-state index contributed by atoms with van der Waals surface area (Å²) in [5.74, 6) is -0.378. The fourth-order valence-electron chi connectivity index (χ4n) is 4.14. The Morgan fingerprint density at radius 2 is 2.09 bits per heavy atom. The predicted octanol–water partition coefficient (Wildman–Crippen LogP) is 1.92. The van der Waals surface area contributed by atoms with Gasteiger partial charge < -0.3 is 10.2 Å². The first-order chi connectivity index (χ1) is 16.3. The number of hydrogen-bond donors (Lipinski definition) is 2. The summed E-state index contributed by atoms with van der Waals surface area (Å²) >= 11 is 2.57. The minimum absolute atomic E-state index is 0.165. The quantitative estimate of drug-likeness (QED) is 0.232. The van der Waals surface area contributed by atoms with Gasteiger partial charge in [0, 0.05) is 11.9 Å². The second kappa shape index (κ2) is 8.76. The van der Waals surface area contributed by atoms with Crippen molar-refractivity contribution < 1.29 is 9.21 Å². The van der Waals surface area contributed by atoms with Gasteiger partial charge in [0.15, 0.2) is 10.9 Å². The fourth-order valence-corrected chi connectivity index (χ4v) is 6.31. The summed E-state index contributed by atoms with van der Waals surface area (Å²) in [4.78, 5) is 59.1. The zero-order valence-corrected chi connectivity index (χ0v) is 19.9. The van der Waals surface area contributed by atoms with E-state index < -0.39 is 17.0 Å². The maximum atomic E-state index is 13.6. The van der Waals surface area contributed by atoms with Crippen LogP contribution in [0.2, 0.25) is 0 Å². The molecule has 0 saturated heterocycles. The lowest BCUT2D eigenvalue weighted by molar-refractivity contribution is 0.102. The number of thiophene rings is 1. The van der Waals surface area contributed by atoms with Crippen molar-refractivity contribution in [2.75, 3.05) is 11.5 Å². The number of nitrogens with one attached hydrogen (secondary N) is 1. The highest BCUT2D eigenvalue weighted by molar-refractivity contribution is 7.99. The first kappa shape index (κ1) is 22.4. The van der Waals surface area contributed by atoms with Crippen molar-refractivity contribution in [2.45, 2.75) is 37.4 Å². The lowest BCUT2D eigenvalue weighted by atomic mass is 9.97. The predicted molar refractivity (Wildman–Crippen MR) is 130 cm³/mol. The Balaban J connectivity index is 1.55. The minimum atomic E-state index is -0.839. The average molecular weight is 500 g/mol. The van der Waals surface area contributed by atoms with Crippen LogP contribution in [0, 0.1) is 0 Å². The molecule has 3 N–H and O–H groups in total. The van der Waals surface area contributed by atoms with E-state index in [2.05, 4.69) is 4.98 Å².